The molecule has 6 heteroatoms. The summed E-state index contributed by atoms with van der Waals surface area (Å²) in [5.74, 6) is 0. The molecule has 2 rings (SSSR count). The van der Waals surface area contributed by atoms with Crippen molar-refractivity contribution in [1.82, 2.24) is 9.55 Å². The molecule has 0 aliphatic heterocycles. The standard InChI is InChI=1S/C13H8N4O2/c14-5-9-1-3-10(4-2-9)7-17-8-11(6-15)12(18)16-13(17)19/h1-4,8H,7H2,(H,16,18,19). The molecular formula is C13H8N4O2. The number of nitriles is 2. The number of benzene rings is 1. The number of nitrogens with one attached hydrogen (secondary N) is 1. The van der Waals surface area contributed by atoms with Crippen molar-refractivity contribution in [2.45, 2.75) is 6.54 Å². The van der Waals surface area contributed by atoms with Crippen LogP contribution >= 0.6 is 0 Å². The van der Waals surface area contributed by atoms with E-state index in [1.54, 1.807) is 30.3 Å². The smallest absolute Gasteiger partial charge is 0.295 e. The lowest BCUT2D eigenvalue weighted by atomic mass is 10.1. The van der Waals surface area contributed by atoms with Crippen LogP contribution in [0, 0.1) is 22.7 Å². The van der Waals surface area contributed by atoms with Gasteiger partial charge in [-0.2, -0.15) is 10.5 Å². The third kappa shape index (κ3) is 2.59. The van der Waals surface area contributed by atoms with Gasteiger partial charge in [-0.3, -0.25) is 14.3 Å². The largest absolute Gasteiger partial charge is 0.328 e. The Balaban J connectivity index is 2.38. The molecule has 0 amide bonds. The zero-order valence-corrected chi connectivity index (χ0v) is 9.75. The summed E-state index contributed by atoms with van der Waals surface area (Å²) in [6, 6.07) is 10.4. The lowest BCUT2D eigenvalue weighted by Gasteiger charge is -2.05. The van der Waals surface area contributed by atoms with E-state index in [1.165, 1.54) is 10.8 Å². The third-order valence-electron chi connectivity index (χ3n) is 2.57. The summed E-state index contributed by atoms with van der Waals surface area (Å²) in [6.07, 6.45) is 1.22. The molecule has 2 aromatic rings. The molecule has 1 heterocycles. The van der Waals surface area contributed by atoms with Crippen LogP contribution in [-0.2, 0) is 6.54 Å². The SMILES string of the molecule is N#Cc1ccc(Cn2cc(C#N)c(=O)[nH]c2=O)cc1. The zero-order chi connectivity index (χ0) is 13.8. The van der Waals surface area contributed by atoms with Crippen molar-refractivity contribution in [2.75, 3.05) is 0 Å². The highest BCUT2D eigenvalue weighted by Crippen LogP contribution is 2.04. The van der Waals surface area contributed by atoms with Gasteiger partial charge in [0.15, 0.2) is 0 Å². The molecule has 19 heavy (non-hydrogen) atoms. The molecule has 1 aromatic heterocycles. The Bertz CT molecular complexity index is 801. The summed E-state index contributed by atoms with van der Waals surface area (Å²) in [5.41, 5.74) is -0.0718. The summed E-state index contributed by atoms with van der Waals surface area (Å²) in [4.78, 5) is 24.9. The molecule has 0 bridgehead atoms. The molecule has 0 radical (unpaired) electrons. The molecule has 0 unspecified atom stereocenters. The van der Waals surface area contributed by atoms with Crippen LogP contribution in [0.2, 0.25) is 0 Å². The van der Waals surface area contributed by atoms with Crippen LogP contribution in [0.3, 0.4) is 0 Å². The van der Waals surface area contributed by atoms with Gasteiger partial charge < -0.3 is 0 Å². The molecular weight excluding hydrogens is 244 g/mol. The normalized spacial score (nSPS) is 9.58. The average molecular weight is 252 g/mol. The average Bonchev–Trinajstić information content (AvgIpc) is 2.42. The van der Waals surface area contributed by atoms with Gasteiger partial charge in [-0.1, -0.05) is 12.1 Å². The van der Waals surface area contributed by atoms with Crippen molar-refractivity contribution >= 4 is 0 Å². The molecule has 0 aliphatic carbocycles. The van der Waals surface area contributed by atoms with Crippen LogP contribution in [0.1, 0.15) is 16.7 Å². The van der Waals surface area contributed by atoms with Gasteiger partial charge in [0.2, 0.25) is 0 Å². The Morgan fingerprint density at radius 3 is 2.37 bits per heavy atom. The van der Waals surface area contributed by atoms with Crippen LogP contribution in [0.15, 0.2) is 40.1 Å². The number of aromatic amines is 1. The van der Waals surface area contributed by atoms with Crippen LogP contribution in [0.4, 0.5) is 0 Å². The first-order valence-electron chi connectivity index (χ1n) is 5.37. The first-order valence-corrected chi connectivity index (χ1v) is 5.37. The summed E-state index contributed by atoms with van der Waals surface area (Å²) < 4.78 is 1.24. The van der Waals surface area contributed by atoms with E-state index in [4.69, 9.17) is 10.5 Å². The second-order valence-corrected chi connectivity index (χ2v) is 3.85. The van der Waals surface area contributed by atoms with Gasteiger partial charge in [-0.05, 0) is 17.7 Å². The maximum atomic E-state index is 11.6. The number of hydrogen-bond donors (Lipinski definition) is 1. The molecule has 6 nitrogen and oxygen atoms in total. The van der Waals surface area contributed by atoms with Crippen LogP contribution in [-0.4, -0.2) is 9.55 Å². The monoisotopic (exact) mass is 252 g/mol. The Kier molecular flexibility index (Phi) is 3.26. The van der Waals surface area contributed by atoms with E-state index < -0.39 is 11.2 Å². The van der Waals surface area contributed by atoms with Gasteiger partial charge >= 0.3 is 5.69 Å². The molecule has 0 fully saturated rings. The lowest BCUT2D eigenvalue weighted by molar-refractivity contribution is 0.717. The van der Waals surface area contributed by atoms with Gasteiger partial charge in [0.1, 0.15) is 11.6 Å². The fourth-order valence-electron chi connectivity index (χ4n) is 1.59. The predicted octanol–water partition coefficient (Wildman–Crippen LogP) is 0.328. The highest BCUT2D eigenvalue weighted by Gasteiger charge is 2.04. The highest BCUT2D eigenvalue weighted by molar-refractivity contribution is 5.32. The van der Waals surface area contributed by atoms with E-state index in [9.17, 15) is 9.59 Å². The van der Waals surface area contributed by atoms with Crippen molar-refractivity contribution in [3.63, 3.8) is 0 Å². The molecule has 0 saturated heterocycles. The molecule has 0 aliphatic rings. The van der Waals surface area contributed by atoms with E-state index in [0.29, 0.717) is 5.56 Å². The molecule has 0 saturated carbocycles. The molecule has 0 atom stereocenters. The second kappa shape index (κ2) is 5.03. The number of aromatic nitrogens is 2. The quantitative estimate of drug-likeness (QED) is 0.831. The van der Waals surface area contributed by atoms with Gasteiger partial charge in [0.05, 0.1) is 18.2 Å². The van der Waals surface area contributed by atoms with E-state index in [2.05, 4.69) is 4.98 Å². The van der Waals surface area contributed by atoms with E-state index in [-0.39, 0.29) is 12.1 Å². The van der Waals surface area contributed by atoms with Crippen molar-refractivity contribution in [1.29, 1.82) is 10.5 Å². The van der Waals surface area contributed by atoms with Crippen molar-refractivity contribution in [3.8, 4) is 12.1 Å². The minimum Gasteiger partial charge on any atom is -0.295 e. The number of nitrogens with zero attached hydrogens (tertiary/aromatic N) is 3. The van der Waals surface area contributed by atoms with E-state index >= 15 is 0 Å². The molecule has 0 spiro atoms. The molecule has 92 valence electrons. The Morgan fingerprint density at radius 1 is 1.11 bits per heavy atom. The van der Waals surface area contributed by atoms with E-state index in [0.717, 1.165) is 5.56 Å². The molecule has 1 aromatic carbocycles. The van der Waals surface area contributed by atoms with E-state index in [1.807, 2.05) is 6.07 Å². The Morgan fingerprint density at radius 2 is 1.79 bits per heavy atom. The summed E-state index contributed by atoms with van der Waals surface area (Å²) in [7, 11) is 0. The van der Waals surface area contributed by atoms with Crippen LogP contribution in [0.5, 0.6) is 0 Å². The van der Waals surface area contributed by atoms with Crippen LogP contribution < -0.4 is 11.2 Å². The summed E-state index contributed by atoms with van der Waals surface area (Å²) in [5, 5.41) is 17.4. The first kappa shape index (κ1) is 12.3. The highest BCUT2D eigenvalue weighted by atomic mass is 16.2. The Hall–Kier alpha value is -3.12. The predicted molar refractivity (Wildman–Crippen MR) is 66.3 cm³/mol. The van der Waals surface area contributed by atoms with Crippen molar-refractivity contribution in [2.24, 2.45) is 0 Å². The second-order valence-electron chi connectivity index (χ2n) is 3.85. The Labute approximate surface area is 107 Å². The van der Waals surface area contributed by atoms with Gasteiger partial charge in [0.25, 0.3) is 5.56 Å². The third-order valence-corrected chi connectivity index (χ3v) is 2.57. The van der Waals surface area contributed by atoms with Crippen molar-refractivity contribution in [3.05, 3.63) is 68.0 Å². The lowest BCUT2D eigenvalue weighted by Crippen LogP contribution is -2.31. The minimum atomic E-state index is -0.691. The fraction of sp³-hybridized carbons (Fsp3) is 0.0769. The number of rotatable bonds is 2. The zero-order valence-electron chi connectivity index (χ0n) is 9.75. The van der Waals surface area contributed by atoms with Crippen LogP contribution in [0.25, 0.3) is 0 Å². The summed E-state index contributed by atoms with van der Waals surface area (Å²) in [6.45, 7) is 0.218. The fourth-order valence-corrected chi connectivity index (χ4v) is 1.59. The minimum absolute atomic E-state index is 0.117. The number of hydrogen-bond acceptors (Lipinski definition) is 4. The number of H-pyrrole nitrogens is 1. The van der Waals surface area contributed by atoms with Gasteiger partial charge in [-0.25, -0.2) is 4.79 Å². The maximum Gasteiger partial charge on any atom is 0.328 e. The van der Waals surface area contributed by atoms with Gasteiger partial charge in [-0.15, -0.1) is 0 Å². The first-order chi connectivity index (χ1) is 9.13. The maximum absolute atomic E-state index is 11.6. The van der Waals surface area contributed by atoms with Gasteiger partial charge in [0, 0.05) is 6.20 Å². The topological polar surface area (TPSA) is 102 Å². The van der Waals surface area contributed by atoms with Crippen molar-refractivity contribution < 1.29 is 0 Å². The summed E-state index contributed by atoms with van der Waals surface area (Å²) >= 11 is 0. The molecule has 1 N–H and O–H groups in total.